The molecule has 1 fully saturated rings. The minimum atomic E-state index is 0.386. The average Bonchev–Trinajstić information content (AvgIpc) is 3.03. The third-order valence-corrected chi connectivity index (χ3v) is 4.55. The second-order valence-corrected chi connectivity index (χ2v) is 6.80. The van der Waals surface area contributed by atoms with E-state index in [0.717, 1.165) is 55.8 Å². The Bertz CT molecular complexity index is 484. The zero-order chi connectivity index (χ0) is 17.2. The van der Waals surface area contributed by atoms with E-state index in [1.165, 1.54) is 0 Å². The second kappa shape index (κ2) is 10.6. The number of hydrogen-bond donors (Lipinski definition) is 0. The minimum Gasteiger partial charge on any atom is -0.381 e. The average molecular weight is 336 g/mol. The largest absolute Gasteiger partial charge is 0.381 e. The van der Waals surface area contributed by atoms with Crippen LogP contribution in [0.25, 0.3) is 0 Å². The van der Waals surface area contributed by atoms with Crippen molar-refractivity contribution in [2.45, 2.75) is 46.0 Å². The third-order valence-electron chi connectivity index (χ3n) is 4.29. The van der Waals surface area contributed by atoms with E-state index in [0.29, 0.717) is 23.3 Å². The van der Waals surface area contributed by atoms with Crippen molar-refractivity contribution in [1.29, 1.82) is 0 Å². The van der Waals surface area contributed by atoms with Gasteiger partial charge in [-0.3, -0.25) is 4.99 Å². The van der Waals surface area contributed by atoms with Crippen LogP contribution in [-0.2, 0) is 4.74 Å². The first-order valence-electron chi connectivity index (χ1n) is 8.43. The van der Waals surface area contributed by atoms with E-state index < -0.39 is 0 Å². The predicted molar refractivity (Wildman–Crippen MR) is 102 cm³/mol. The molecule has 0 saturated carbocycles. The van der Waals surface area contributed by atoms with Crippen LogP contribution in [0.15, 0.2) is 53.2 Å². The minimum absolute atomic E-state index is 0.386. The summed E-state index contributed by atoms with van der Waals surface area (Å²) in [6.07, 6.45) is 8.08. The predicted octanol–water partition coefficient (Wildman–Crippen LogP) is 6.06. The van der Waals surface area contributed by atoms with Gasteiger partial charge >= 0.3 is 0 Å². The van der Waals surface area contributed by atoms with Crippen molar-refractivity contribution in [3.05, 3.63) is 48.2 Å². The van der Waals surface area contributed by atoms with Crippen LogP contribution in [0.4, 0.5) is 0 Å². The molecular weight excluding hydrogens is 306 g/mol. The summed E-state index contributed by atoms with van der Waals surface area (Å²) in [5.41, 5.74) is 3.24. The molecule has 0 aliphatic carbocycles. The molecule has 0 spiro atoms. The van der Waals surface area contributed by atoms with E-state index in [1.54, 1.807) is 12.3 Å². The molecule has 1 heterocycles. The molecule has 1 aliphatic heterocycles. The van der Waals surface area contributed by atoms with Gasteiger partial charge in [0.1, 0.15) is 0 Å². The van der Waals surface area contributed by atoms with E-state index in [2.05, 4.69) is 38.6 Å². The van der Waals surface area contributed by atoms with Crippen molar-refractivity contribution in [2.24, 2.45) is 16.8 Å². The molecule has 23 heavy (non-hydrogen) atoms. The standard InChI is InChI=1S/C20H30ClNO/c1-6-8-19(21)13-22-20(11-15(3)7-2)17(5)16(4)12-18-9-10-23-14-18/h6,13,16,18H,1,3,5,7-12,14H2,2,4H3/b19-13+,22-20-. The molecule has 1 aliphatic rings. The van der Waals surface area contributed by atoms with Crippen LogP contribution in [0.5, 0.6) is 0 Å². The molecule has 128 valence electrons. The maximum atomic E-state index is 6.13. The fourth-order valence-corrected chi connectivity index (χ4v) is 2.80. The normalized spacial score (nSPS) is 20.4. The first kappa shape index (κ1) is 19.9. The van der Waals surface area contributed by atoms with Crippen molar-refractivity contribution in [2.75, 3.05) is 13.2 Å². The van der Waals surface area contributed by atoms with Gasteiger partial charge in [-0.2, -0.15) is 0 Å². The fraction of sp³-hybridized carbons (Fsp3) is 0.550. The van der Waals surface area contributed by atoms with Crippen molar-refractivity contribution in [3.8, 4) is 0 Å². The number of ether oxygens (including phenoxy) is 1. The SMILES string of the molecule is C=CC/C(Cl)=C\N=C(\CC(=C)CC)C(=C)C(C)CC1CCOC1. The molecule has 0 aromatic heterocycles. The first-order chi connectivity index (χ1) is 11.0. The van der Waals surface area contributed by atoms with Gasteiger partial charge in [0.05, 0.1) is 0 Å². The summed E-state index contributed by atoms with van der Waals surface area (Å²) in [7, 11) is 0. The summed E-state index contributed by atoms with van der Waals surface area (Å²) in [4.78, 5) is 4.61. The molecule has 0 aromatic carbocycles. The Morgan fingerprint density at radius 2 is 2.17 bits per heavy atom. The maximum Gasteiger partial charge on any atom is 0.0495 e. The lowest BCUT2D eigenvalue weighted by molar-refractivity contribution is 0.182. The second-order valence-electron chi connectivity index (χ2n) is 6.32. The number of rotatable bonds is 10. The molecule has 0 radical (unpaired) electrons. The smallest absolute Gasteiger partial charge is 0.0495 e. The van der Waals surface area contributed by atoms with Crippen LogP contribution in [0, 0.1) is 11.8 Å². The van der Waals surface area contributed by atoms with Crippen LogP contribution in [0.3, 0.4) is 0 Å². The Hall–Kier alpha value is -1.12. The van der Waals surface area contributed by atoms with Crippen LogP contribution in [0.1, 0.15) is 46.0 Å². The molecule has 3 heteroatoms. The van der Waals surface area contributed by atoms with Gasteiger partial charge in [0.25, 0.3) is 0 Å². The van der Waals surface area contributed by atoms with Crippen molar-refractivity contribution in [3.63, 3.8) is 0 Å². The summed E-state index contributed by atoms with van der Waals surface area (Å²) >= 11 is 6.13. The highest BCUT2D eigenvalue weighted by atomic mass is 35.5. The number of hydrogen-bond acceptors (Lipinski definition) is 2. The van der Waals surface area contributed by atoms with Crippen LogP contribution in [0.2, 0.25) is 0 Å². The topological polar surface area (TPSA) is 21.6 Å². The van der Waals surface area contributed by atoms with Crippen molar-refractivity contribution >= 4 is 17.3 Å². The monoisotopic (exact) mass is 335 g/mol. The first-order valence-corrected chi connectivity index (χ1v) is 8.81. The number of allylic oxidation sites excluding steroid dienone is 4. The Morgan fingerprint density at radius 1 is 1.43 bits per heavy atom. The van der Waals surface area contributed by atoms with Crippen LogP contribution in [-0.4, -0.2) is 18.9 Å². The zero-order valence-electron chi connectivity index (χ0n) is 14.6. The molecule has 2 unspecified atom stereocenters. The Morgan fingerprint density at radius 3 is 2.74 bits per heavy atom. The molecule has 2 nitrogen and oxygen atoms in total. The Labute approximate surface area is 146 Å². The van der Waals surface area contributed by atoms with Gasteiger partial charge in [0.15, 0.2) is 0 Å². The summed E-state index contributed by atoms with van der Waals surface area (Å²) < 4.78 is 5.48. The third kappa shape index (κ3) is 7.32. The molecule has 2 atom stereocenters. The highest BCUT2D eigenvalue weighted by molar-refractivity contribution is 6.29. The van der Waals surface area contributed by atoms with Gasteiger partial charge in [-0.15, -0.1) is 6.58 Å². The van der Waals surface area contributed by atoms with E-state index >= 15 is 0 Å². The van der Waals surface area contributed by atoms with Crippen molar-refractivity contribution < 1.29 is 4.74 Å². The van der Waals surface area contributed by atoms with Gasteiger partial charge in [0.2, 0.25) is 0 Å². The molecular formula is C20H30ClNO. The van der Waals surface area contributed by atoms with Gasteiger partial charge in [-0.25, -0.2) is 0 Å². The summed E-state index contributed by atoms with van der Waals surface area (Å²) in [6, 6.07) is 0. The van der Waals surface area contributed by atoms with Crippen molar-refractivity contribution in [1.82, 2.24) is 0 Å². The number of halogens is 1. The lowest BCUT2D eigenvalue weighted by Gasteiger charge is -2.20. The lowest BCUT2D eigenvalue weighted by atomic mass is 9.86. The van der Waals surface area contributed by atoms with Crippen LogP contribution >= 0.6 is 11.6 Å². The maximum absolute atomic E-state index is 6.13. The van der Waals surface area contributed by atoms with Crippen LogP contribution < -0.4 is 0 Å². The number of aliphatic imine (C=N–C) groups is 1. The lowest BCUT2D eigenvalue weighted by Crippen LogP contribution is -2.14. The van der Waals surface area contributed by atoms with E-state index in [4.69, 9.17) is 16.3 Å². The van der Waals surface area contributed by atoms with Gasteiger partial charge in [-0.1, -0.05) is 50.3 Å². The van der Waals surface area contributed by atoms with Gasteiger partial charge in [-0.05, 0) is 36.7 Å². The molecule has 0 N–H and O–H groups in total. The summed E-state index contributed by atoms with van der Waals surface area (Å²) in [5.74, 6) is 1.02. The van der Waals surface area contributed by atoms with E-state index in [-0.39, 0.29) is 0 Å². The molecule has 1 rings (SSSR count). The highest BCUT2D eigenvalue weighted by Gasteiger charge is 2.21. The number of nitrogens with zero attached hydrogens (tertiary/aromatic N) is 1. The fourth-order valence-electron chi connectivity index (χ4n) is 2.64. The van der Waals surface area contributed by atoms with Gasteiger partial charge < -0.3 is 4.74 Å². The molecule has 1 saturated heterocycles. The van der Waals surface area contributed by atoms with E-state index in [9.17, 15) is 0 Å². The van der Waals surface area contributed by atoms with Gasteiger partial charge in [0, 0.05) is 43.0 Å². The van der Waals surface area contributed by atoms with E-state index in [1.807, 2.05) is 0 Å². The Kier molecular flexibility index (Phi) is 9.20. The zero-order valence-corrected chi connectivity index (χ0v) is 15.4. The Balaban J connectivity index is 2.81. The molecule has 0 bridgehead atoms. The molecule has 0 amide bonds. The highest BCUT2D eigenvalue weighted by Crippen LogP contribution is 2.27. The quantitative estimate of drug-likeness (QED) is 0.351. The molecule has 0 aromatic rings. The summed E-state index contributed by atoms with van der Waals surface area (Å²) in [6.45, 7) is 18.2. The summed E-state index contributed by atoms with van der Waals surface area (Å²) in [5, 5.41) is 0.684.